The SMILES string of the molecule is Cn1nnc(Br)c1C(Cc1cccc2ccccc12)NN. The van der Waals surface area contributed by atoms with Gasteiger partial charge in [-0.15, -0.1) is 5.10 Å². The summed E-state index contributed by atoms with van der Waals surface area (Å²) in [5.74, 6) is 5.75. The average Bonchev–Trinajstić information content (AvgIpc) is 2.84. The second kappa shape index (κ2) is 5.93. The average molecular weight is 346 g/mol. The second-order valence-electron chi connectivity index (χ2n) is 4.95. The monoisotopic (exact) mass is 345 g/mol. The van der Waals surface area contributed by atoms with E-state index in [0.29, 0.717) is 4.60 Å². The first-order valence-corrected chi connectivity index (χ1v) is 7.48. The Morgan fingerprint density at radius 1 is 1.24 bits per heavy atom. The molecule has 0 aliphatic rings. The molecule has 1 heterocycles. The van der Waals surface area contributed by atoms with Crippen molar-refractivity contribution >= 4 is 26.7 Å². The largest absolute Gasteiger partial charge is 0.271 e. The molecule has 21 heavy (non-hydrogen) atoms. The molecular formula is C15H16BrN5. The first kappa shape index (κ1) is 14.2. The molecule has 0 saturated heterocycles. The van der Waals surface area contributed by atoms with Gasteiger partial charge in [0.1, 0.15) is 0 Å². The molecule has 1 unspecified atom stereocenters. The molecule has 0 aliphatic carbocycles. The standard InChI is InChI=1S/C15H16BrN5/c1-21-14(15(16)19-20-21)13(18-17)9-11-7-4-6-10-5-2-3-8-12(10)11/h2-8,13,18H,9,17H2,1H3. The number of fused-ring (bicyclic) bond motifs is 1. The molecule has 1 atom stereocenters. The highest BCUT2D eigenvalue weighted by molar-refractivity contribution is 9.10. The molecule has 0 bridgehead atoms. The number of hydrogen-bond acceptors (Lipinski definition) is 4. The third-order valence-corrected chi connectivity index (χ3v) is 4.23. The van der Waals surface area contributed by atoms with Gasteiger partial charge in [-0.1, -0.05) is 47.7 Å². The number of aromatic nitrogens is 3. The number of hydrazine groups is 1. The molecule has 0 fully saturated rings. The third kappa shape index (κ3) is 2.70. The van der Waals surface area contributed by atoms with Gasteiger partial charge in [-0.25, -0.2) is 4.68 Å². The molecule has 1 aromatic heterocycles. The lowest BCUT2D eigenvalue weighted by atomic mass is 9.98. The van der Waals surface area contributed by atoms with Gasteiger partial charge in [-0.2, -0.15) is 0 Å². The number of aryl methyl sites for hydroxylation is 1. The smallest absolute Gasteiger partial charge is 0.153 e. The quantitative estimate of drug-likeness (QED) is 0.563. The molecule has 3 aromatic rings. The Kier molecular flexibility index (Phi) is 4.01. The van der Waals surface area contributed by atoms with Crippen LogP contribution in [0.1, 0.15) is 17.3 Å². The number of benzene rings is 2. The van der Waals surface area contributed by atoms with Gasteiger partial charge in [-0.05, 0) is 38.7 Å². The maximum atomic E-state index is 5.75. The maximum absolute atomic E-state index is 5.75. The van der Waals surface area contributed by atoms with Gasteiger partial charge in [0, 0.05) is 7.05 Å². The molecule has 3 rings (SSSR count). The summed E-state index contributed by atoms with van der Waals surface area (Å²) < 4.78 is 2.45. The topological polar surface area (TPSA) is 68.8 Å². The highest BCUT2D eigenvalue weighted by Crippen LogP contribution is 2.26. The Morgan fingerprint density at radius 2 is 2.00 bits per heavy atom. The number of rotatable bonds is 4. The van der Waals surface area contributed by atoms with Gasteiger partial charge in [0.15, 0.2) is 4.60 Å². The lowest BCUT2D eigenvalue weighted by Gasteiger charge is -2.17. The van der Waals surface area contributed by atoms with Crippen LogP contribution in [-0.2, 0) is 13.5 Å². The van der Waals surface area contributed by atoms with E-state index in [2.05, 4.69) is 68.1 Å². The van der Waals surface area contributed by atoms with E-state index in [9.17, 15) is 0 Å². The minimum atomic E-state index is -0.0646. The van der Waals surface area contributed by atoms with E-state index in [-0.39, 0.29) is 6.04 Å². The van der Waals surface area contributed by atoms with Crippen molar-refractivity contribution in [3.8, 4) is 0 Å². The zero-order chi connectivity index (χ0) is 14.8. The molecule has 108 valence electrons. The maximum Gasteiger partial charge on any atom is 0.153 e. The number of nitrogens with one attached hydrogen (secondary N) is 1. The van der Waals surface area contributed by atoms with Crippen LogP contribution in [0.5, 0.6) is 0 Å². The van der Waals surface area contributed by atoms with Crippen LogP contribution >= 0.6 is 15.9 Å². The highest BCUT2D eigenvalue weighted by Gasteiger charge is 2.20. The van der Waals surface area contributed by atoms with E-state index in [1.54, 1.807) is 4.68 Å². The van der Waals surface area contributed by atoms with E-state index in [4.69, 9.17) is 5.84 Å². The van der Waals surface area contributed by atoms with E-state index in [1.165, 1.54) is 16.3 Å². The van der Waals surface area contributed by atoms with Crippen LogP contribution < -0.4 is 11.3 Å². The van der Waals surface area contributed by atoms with Crippen LogP contribution in [0.25, 0.3) is 10.8 Å². The van der Waals surface area contributed by atoms with Crippen LogP contribution in [0.4, 0.5) is 0 Å². The van der Waals surface area contributed by atoms with Crippen molar-refractivity contribution < 1.29 is 0 Å². The fraction of sp³-hybridized carbons (Fsp3) is 0.200. The van der Waals surface area contributed by atoms with Gasteiger partial charge in [0.2, 0.25) is 0 Å². The minimum Gasteiger partial charge on any atom is -0.271 e. The zero-order valence-corrected chi connectivity index (χ0v) is 13.2. The Hall–Kier alpha value is -1.76. The molecule has 0 radical (unpaired) electrons. The van der Waals surface area contributed by atoms with E-state index in [0.717, 1.165) is 12.1 Å². The molecule has 0 saturated carbocycles. The van der Waals surface area contributed by atoms with Crippen LogP contribution in [0.2, 0.25) is 0 Å². The minimum absolute atomic E-state index is 0.0646. The van der Waals surface area contributed by atoms with Crippen molar-refractivity contribution in [3.63, 3.8) is 0 Å². The summed E-state index contributed by atoms with van der Waals surface area (Å²) in [6.07, 6.45) is 0.762. The first-order valence-electron chi connectivity index (χ1n) is 6.68. The molecule has 0 aliphatic heterocycles. The number of halogens is 1. The van der Waals surface area contributed by atoms with Crippen LogP contribution in [0.15, 0.2) is 47.1 Å². The molecule has 2 aromatic carbocycles. The van der Waals surface area contributed by atoms with Gasteiger partial charge >= 0.3 is 0 Å². The summed E-state index contributed by atoms with van der Waals surface area (Å²) in [5, 5.41) is 10.5. The van der Waals surface area contributed by atoms with Gasteiger partial charge < -0.3 is 0 Å². The van der Waals surface area contributed by atoms with E-state index < -0.39 is 0 Å². The molecule has 0 amide bonds. The predicted molar refractivity (Wildman–Crippen MR) is 86.4 cm³/mol. The van der Waals surface area contributed by atoms with Crippen molar-refractivity contribution in [1.82, 2.24) is 20.4 Å². The third-order valence-electron chi connectivity index (χ3n) is 3.66. The summed E-state index contributed by atoms with van der Waals surface area (Å²) in [7, 11) is 1.86. The Labute approximate surface area is 131 Å². The number of nitrogens with two attached hydrogens (primary N) is 1. The van der Waals surface area contributed by atoms with Crippen LogP contribution in [0, 0.1) is 0 Å². The van der Waals surface area contributed by atoms with E-state index >= 15 is 0 Å². The lowest BCUT2D eigenvalue weighted by molar-refractivity contribution is 0.506. The molecule has 6 heteroatoms. The van der Waals surface area contributed by atoms with Gasteiger partial charge in [0.25, 0.3) is 0 Å². The predicted octanol–water partition coefficient (Wildman–Crippen LogP) is 2.48. The highest BCUT2D eigenvalue weighted by atomic mass is 79.9. The summed E-state index contributed by atoms with van der Waals surface area (Å²) in [4.78, 5) is 0. The molecule has 5 nitrogen and oxygen atoms in total. The van der Waals surface area contributed by atoms with Crippen molar-refractivity contribution in [2.24, 2.45) is 12.9 Å². The van der Waals surface area contributed by atoms with Crippen molar-refractivity contribution in [2.75, 3.05) is 0 Å². The second-order valence-corrected chi connectivity index (χ2v) is 5.70. The zero-order valence-electron chi connectivity index (χ0n) is 11.6. The number of hydrogen-bond donors (Lipinski definition) is 2. The summed E-state index contributed by atoms with van der Waals surface area (Å²) in [5.41, 5.74) is 5.04. The molecular weight excluding hydrogens is 330 g/mol. The van der Waals surface area contributed by atoms with Crippen molar-refractivity contribution in [1.29, 1.82) is 0 Å². The summed E-state index contributed by atoms with van der Waals surface area (Å²) in [6, 6.07) is 14.6. The summed E-state index contributed by atoms with van der Waals surface area (Å²) >= 11 is 3.43. The van der Waals surface area contributed by atoms with Crippen LogP contribution in [0.3, 0.4) is 0 Å². The summed E-state index contributed by atoms with van der Waals surface area (Å²) in [6.45, 7) is 0. The fourth-order valence-electron chi connectivity index (χ4n) is 2.63. The van der Waals surface area contributed by atoms with Gasteiger partial charge in [-0.3, -0.25) is 11.3 Å². The number of nitrogens with zero attached hydrogens (tertiary/aromatic N) is 3. The lowest BCUT2D eigenvalue weighted by Crippen LogP contribution is -2.31. The van der Waals surface area contributed by atoms with Crippen LogP contribution in [-0.4, -0.2) is 15.0 Å². The Bertz CT molecular complexity index is 743. The Morgan fingerprint density at radius 3 is 2.71 bits per heavy atom. The molecule has 3 N–H and O–H groups in total. The van der Waals surface area contributed by atoms with E-state index in [1.807, 2.05) is 13.1 Å². The van der Waals surface area contributed by atoms with Crippen molar-refractivity contribution in [3.05, 3.63) is 58.3 Å². The van der Waals surface area contributed by atoms with Gasteiger partial charge in [0.05, 0.1) is 11.7 Å². The normalized spacial score (nSPS) is 12.7. The fourth-order valence-corrected chi connectivity index (χ4v) is 3.24. The van der Waals surface area contributed by atoms with Crippen molar-refractivity contribution in [2.45, 2.75) is 12.5 Å². The Balaban J connectivity index is 2.00. The first-order chi connectivity index (χ1) is 10.2. The molecule has 0 spiro atoms.